The van der Waals surface area contributed by atoms with Crippen molar-refractivity contribution in [3.05, 3.63) is 95.5 Å². The first-order valence-electron chi connectivity index (χ1n) is 10.7. The molecule has 0 radical (unpaired) electrons. The second-order valence-corrected chi connectivity index (χ2v) is 8.44. The lowest BCUT2D eigenvalue weighted by atomic mass is 9.78. The number of para-hydroxylation sites is 2. The molecule has 0 fully saturated rings. The number of hydrogen-bond acceptors (Lipinski definition) is 5. The van der Waals surface area contributed by atoms with Gasteiger partial charge in [-0.05, 0) is 53.8 Å². The van der Waals surface area contributed by atoms with Gasteiger partial charge in [-0.1, -0.05) is 30.3 Å². The minimum atomic E-state index is -0.218. The van der Waals surface area contributed by atoms with Crippen molar-refractivity contribution in [3.63, 3.8) is 0 Å². The van der Waals surface area contributed by atoms with Gasteiger partial charge < -0.3 is 15.5 Å². The van der Waals surface area contributed by atoms with E-state index in [9.17, 15) is 4.79 Å². The molecule has 156 valence electrons. The first kappa shape index (κ1) is 19.4. The normalized spacial score (nSPS) is 20.1. The third kappa shape index (κ3) is 3.67. The summed E-state index contributed by atoms with van der Waals surface area (Å²) < 4.78 is 0. The minimum Gasteiger partial charge on any atom is -0.378 e. The molecule has 2 aromatic carbocycles. The summed E-state index contributed by atoms with van der Waals surface area (Å²) >= 11 is 0. The van der Waals surface area contributed by atoms with Crippen LogP contribution in [0.2, 0.25) is 0 Å². The number of hydrogen-bond donors (Lipinski definition) is 2. The second kappa shape index (κ2) is 7.91. The quantitative estimate of drug-likeness (QED) is 0.627. The lowest BCUT2D eigenvalue weighted by Gasteiger charge is -2.30. The number of pyridine rings is 1. The summed E-state index contributed by atoms with van der Waals surface area (Å²) in [7, 11) is 4.07. The smallest absolute Gasteiger partial charge is 0.163 e. The van der Waals surface area contributed by atoms with E-state index < -0.39 is 0 Å². The van der Waals surface area contributed by atoms with Crippen LogP contribution < -0.4 is 15.5 Å². The van der Waals surface area contributed by atoms with Gasteiger partial charge in [0.25, 0.3) is 0 Å². The van der Waals surface area contributed by atoms with Crippen LogP contribution in [0.25, 0.3) is 0 Å². The zero-order chi connectivity index (χ0) is 21.4. The Balaban J connectivity index is 1.55. The highest BCUT2D eigenvalue weighted by atomic mass is 16.1. The molecular weight excluding hydrogens is 384 g/mol. The molecule has 2 heterocycles. The monoisotopic (exact) mass is 410 g/mol. The van der Waals surface area contributed by atoms with Crippen molar-refractivity contribution in [2.24, 2.45) is 0 Å². The Morgan fingerprint density at radius 3 is 2.39 bits per heavy atom. The summed E-state index contributed by atoms with van der Waals surface area (Å²) in [6.45, 7) is 0. The number of anilines is 3. The molecule has 5 heteroatoms. The predicted molar refractivity (Wildman–Crippen MR) is 125 cm³/mol. The Hall–Kier alpha value is -3.60. The van der Waals surface area contributed by atoms with Gasteiger partial charge in [0.05, 0.1) is 17.4 Å². The standard InChI is InChI=1S/C26H26N4O/c1-30(2)20-11-9-17(10-12-20)19-14-23-25(24(31)15-19)26(18-6-5-13-27-16-18)29-22-8-4-3-7-21(22)28-23/h3-13,16,19,26,28-29H,14-15H2,1-2H3. The van der Waals surface area contributed by atoms with Crippen molar-refractivity contribution < 1.29 is 4.79 Å². The molecule has 3 aromatic rings. The predicted octanol–water partition coefficient (Wildman–Crippen LogP) is 5.13. The Morgan fingerprint density at radius 2 is 1.68 bits per heavy atom. The number of nitrogens with zero attached hydrogens (tertiary/aromatic N) is 2. The van der Waals surface area contributed by atoms with E-state index in [0.717, 1.165) is 40.3 Å². The maximum atomic E-state index is 13.5. The Morgan fingerprint density at radius 1 is 0.903 bits per heavy atom. The van der Waals surface area contributed by atoms with E-state index in [1.807, 2.05) is 50.6 Å². The highest BCUT2D eigenvalue weighted by Crippen LogP contribution is 2.44. The average Bonchev–Trinajstić information content (AvgIpc) is 2.96. The fraction of sp³-hybridized carbons (Fsp3) is 0.231. The van der Waals surface area contributed by atoms with Crippen molar-refractivity contribution in [1.29, 1.82) is 0 Å². The van der Waals surface area contributed by atoms with Gasteiger partial charge in [-0.2, -0.15) is 0 Å². The molecule has 2 N–H and O–H groups in total. The summed E-state index contributed by atoms with van der Waals surface area (Å²) in [6.07, 6.45) is 4.92. The maximum absolute atomic E-state index is 13.5. The Labute approximate surface area is 182 Å². The van der Waals surface area contributed by atoms with Crippen LogP contribution in [-0.2, 0) is 4.79 Å². The summed E-state index contributed by atoms with van der Waals surface area (Å²) in [5, 5.41) is 7.18. The third-order valence-electron chi connectivity index (χ3n) is 6.21. The summed E-state index contributed by atoms with van der Waals surface area (Å²) in [6, 6.07) is 20.4. The van der Waals surface area contributed by atoms with Crippen LogP contribution in [0.5, 0.6) is 0 Å². The zero-order valence-electron chi connectivity index (χ0n) is 17.8. The van der Waals surface area contributed by atoms with Crippen molar-refractivity contribution >= 4 is 22.8 Å². The van der Waals surface area contributed by atoms with Crippen molar-refractivity contribution in [2.45, 2.75) is 24.8 Å². The number of aromatic nitrogens is 1. The molecule has 2 unspecified atom stereocenters. The number of rotatable bonds is 3. The van der Waals surface area contributed by atoms with Crippen LogP contribution in [0.15, 0.2) is 84.3 Å². The van der Waals surface area contributed by atoms with E-state index in [-0.39, 0.29) is 17.7 Å². The van der Waals surface area contributed by atoms with Crippen LogP contribution >= 0.6 is 0 Å². The molecule has 0 spiro atoms. The van der Waals surface area contributed by atoms with Crippen LogP contribution in [0.4, 0.5) is 17.1 Å². The van der Waals surface area contributed by atoms with Crippen LogP contribution in [-0.4, -0.2) is 24.9 Å². The fourth-order valence-electron chi connectivity index (χ4n) is 4.57. The molecule has 2 atom stereocenters. The largest absolute Gasteiger partial charge is 0.378 e. The molecular formula is C26H26N4O. The molecule has 1 aromatic heterocycles. The van der Waals surface area contributed by atoms with E-state index in [1.165, 1.54) is 5.56 Å². The lowest BCUT2D eigenvalue weighted by Crippen LogP contribution is -2.27. The molecule has 5 nitrogen and oxygen atoms in total. The Bertz CT molecular complexity index is 1140. The van der Waals surface area contributed by atoms with E-state index >= 15 is 0 Å². The number of carbonyl (C=O) groups is 1. The highest BCUT2D eigenvalue weighted by Gasteiger charge is 2.36. The number of allylic oxidation sites excluding steroid dienone is 1. The third-order valence-corrected chi connectivity index (χ3v) is 6.21. The number of nitrogens with one attached hydrogen (secondary N) is 2. The molecule has 0 amide bonds. The topological polar surface area (TPSA) is 57.3 Å². The molecule has 0 saturated heterocycles. The summed E-state index contributed by atoms with van der Waals surface area (Å²) in [5.41, 5.74) is 7.18. The molecule has 1 aliphatic heterocycles. The number of Topliss-reactive ketones (excluding diaryl/α,β-unsaturated/α-hetero) is 1. The molecule has 0 saturated carbocycles. The van der Waals surface area contributed by atoms with Gasteiger partial charge >= 0.3 is 0 Å². The number of fused-ring (bicyclic) bond motifs is 1. The maximum Gasteiger partial charge on any atom is 0.163 e. The summed E-state index contributed by atoms with van der Waals surface area (Å²) in [4.78, 5) is 19.9. The first-order valence-corrected chi connectivity index (χ1v) is 10.7. The van der Waals surface area contributed by atoms with Gasteiger partial charge in [-0.25, -0.2) is 0 Å². The molecule has 31 heavy (non-hydrogen) atoms. The van der Waals surface area contributed by atoms with E-state index in [4.69, 9.17) is 0 Å². The zero-order valence-corrected chi connectivity index (χ0v) is 17.8. The van der Waals surface area contributed by atoms with Gasteiger partial charge in [0.15, 0.2) is 5.78 Å². The van der Waals surface area contributed by atoms with Crippen LogP contribution in [0.3, 0.4) is 0 Å². The summed E-state index contributed by atoms with van der Waals surface area (Å²) in [5.74, 6) is 0.347. The van der Waals surface area contributed by atoms with Crippen molar-refractivity contribution in [3.8, 4) is 0 Å². The van der Waals surface area contributed by atoms with E-state index in [2.05, 4.69) is 50.8 Å². The molecule has 1 aliphatic carbocycles. The van der Waals surface area contributed by atoms with Gasteiger partial charge in [-0.3, -0.25) is 9.78 Å². The van der Waals surface area contributed by atoms with Gasteiger partial charge in [-0.15, -0.1) is 0 Å². The SMILES string of the molecule is CN(C)c1ccc(C2CC(=O)C3=C(C2)Nc2ccccc2NC3c2cccnc2)cc1. The van der Waals surface area contributed by atoms with E-state index in [1.54, 1.807) is 6.20 Å². The Kier molecular flexibility index (Phi) is 4.94. The fourth-order valence-corrected chi connectivity index (χ4v) is 4.57. The van der Waals surface area contributed by atoms with Crippen molar-refractivity contribution in [2.75, 3.05) is 29.6 Å². The van der Waals surface area contributed by atoms with E-state index in [0.29, 0.717) is 6.42 Å². The number of carbonyl (C=O) groups excluding carboxylic acids is 1. The van der Waals surface area contributed by atoms with Gasteiger partial charge in [0, 0.05) is 49.9 Å². The van der Waals surface area contributed by atoms with Gasteiger partial charge in [0.1, 0.15) is 0 Å². The first-order chi connectivity index (χ1) is 15.1. The van der Waals surface area contributed by atoms with Gasteiger partial charge in [0.2, 0.25) is 0 Å². The average molecular weight is 411 g/mol. The molecule has 0 bridgehead atoms. The van der Waals surface area contributed by atoms with Crippen molar-refractivity contribution in [1.82, 2.24) is 4.98 Å². The van der Waals surface area contributed by atoms with Crippen LogP contribution in [0.1, 0.15) is 35.9 Å². The number of benzene rings is 2. The second-order valence-electron chi connectivity index (χ2n) is 8.44. The lowest BCUT2D eigenvalue weighted by molar-refractivity contribution is -0.116. The minimum absolute atomic E-state index is 0.162. The number of ketones is 1. The van der Waals surface area contributed by atoms with Crippen LogP contribution in [0, 0.1) is 0 Å². The highest BCUT2D eigenvalue weighted by molar-refractivity contribution is 6.01. The molecule has 5 rings (SSSR count). The molecule has 2 aliphatic rings.